The zero-order chi connectivity index (χ0) is 23.5. The van der Waals surface area contributed by atoms with Crippen LogP contribution in [-0.2, 0) is 6.54 Å². The number of imidazole rings is 1. The van der Waals surface area contributed by atoms with Gasteiger partial charge in [0.15, 0.2) is 5.82 Å². The first-order valence-electron chi connectivity index (χ1n) is 11.5. The molecule has 4 aromatic rings. The molecule has 0 spiro atoms. The number of carbonyl (C=O) groups excluding carboxylic acids is 1. The van der Waals surface area contributed by atoms with E-state index < -0.39 is 0 Å². The van der Waals surface area contributed by atoms with Crippen LogP contribution in [0.4, 0.5) is 0 Å². The normalized spacial score (nSPS) is 14.8. The molecule has 1 aliphatic heterocycles. The van der Waals surface area contributed by atoms with Crippen LogP contribution in [0.25, 0.3) is 28.1 Å². The summed E-state index contributed by atoms with van der Waals surface area (Å²) in [5.41, 5.74) is 5.10. The maximum atomic E-state index is 13.5. The summed E-state index contributed by atoms with van der Waals surface area (Å²) in [7, 11) is 0. The summed E-state index contributed by atoms with van der Waals surface area (Å²) in [5, 5.41) is 10.6. The second-order valence-electron chi connectivity index (χ2n) is 8.66. The molecule has 0 aliphatic carbocycles. The molecule has 2 aromatic carbocycles. The van der Waals surface area contributed by atoms with Gasteiger partial charge in [0.1, 0.15) is 11.4 Å². The topological polar surface area (TPSA) is 89.7 Å². The van der Waals surface area contributed by atoms with E-state index in [4.69, 9.17) is 0 Å². The predicted molar refractivity (Wildman–Crippen MR) is 135 cm³/mol. The fraction of sp³-hybridized carbons (Fsp3) is 0.222. The van der Waals surface area contributed by atoms with Crippen LogP contribution in [-0.4, -0.2) is 50.1 Å². The van der Waals surface area contributed by atoms with Crippen molar-refractivity contribution in [3.8, 4) is 11.5 Å². The minimum atomic E-state index is -0.177. The Morgan fingerprint density at radius 1 is 1.12 bits per heavy atom. The van der Waals surface area contributed by atoms with E-state index in [1.165, 1.54) is 5.56 Å². The van der Waals surface area contributed by atoms with Gasteiger partial charge in [-0.3, -0.25) is 14.8 Å². The first-order chi connectivity index (χ1) is 16.6. The maximum absolute atomic E-state index is 13.5. The second-order valence-corrected chi connectivity index (χ2v) is 8.66. The highest BCUT2D eigenvalue weighted by molar-refractivity contribution is 6.04. The van der Waals surface area contributed by atoms with E-state index in [0.717, 1.165) is 43.5 Å². The number of H-pyrrole nitrogens is 2. The van der Waals surface area contributed by atoms with Gasteiger partial charge in [0.25, 0.3) is 5.91 Å². The lowest BCUT2D eigenvalue weighted by Gasteiger charge is -2.32. The fourth-order valence-corrected chi connectivity index (χ4v) is 4.47. The average molecular weight is 453 g/mol. The molecule has 1 fully saturated rings. The summed E-state index contributed by atoms with van der Waals surface area (Å²) in [6.07, 6.45) is 3.40. The van der Waals surface area contributed by atoms with E-state index in [-0.39, 0.29) is 11.9 Å². The number of aromatic nitrogens is 4. The first-order valence-corrected chi connectivity index (χ1v) is 11.5. The van der Waals surface area contributed by atoms with Crippen molar-refractivity contribution in [1.82, 2.24) is 30.4 Å². The molecule has 1 aliphatic rings. The molecule has 7 heteroatoms. The molecule has 0 atom stereocenters. The molecule has 1 amide bonds. The Bertz CT molecular complexity index is 1290. The number of nitrogens with zero attached hydrogens (tertiary/aromatic N) is 3. The summed E-state index contributed by atoms with van der Waals surface area (Å²) < 4.78 is 0. The molecule has 34 heavy (non-hydrogen) atoms. The van der Waals surface area contributed by atoms with E-state index in [0.29, 0.717) is 28.3 Å². The number of hydrogen-bond acceptors (Lipinski definition) is 4. The zero-order valence-corrected chi connectivity index (χ0v) is 19.1. The van der Waals surface area contributed by atoms with Crippen molar-refractivity contribution < 1.29 is 4.79 Å². The Morgan fingerprint density at radius 3 is 2.59 bits per heavy atom. The summed E-state index contributed by atoms with van der Waals surface area (Å²) in [4.78, 5) is 23.9. The number of hydrogen-bond donors (Lipinski definition) is 3. The molecule has 0 bridgehead atoms. The number of benzene rings is 2. The van der Waals surface area contributed by atoms with E-state index in [1.807, 2.05) is 30.3 Å². The molecule has 7 nitrogen and oxygen atoms in total. The van der Waals surface area contributed by atoms with Gasteiger partial charge in [-0.25, -0.2) is 4.98 Å². The van der Waals surface area contributed by atoms with Gasteiger partial charge in [0.05, 0.1) is 16.6 Å². The molecule has 0 unspecified atom stereocenters. The van der Waals surface area contributed by atoms with Crippen LogP contribution >= 0.6 is 0 Å². The van der Waals surface area contributed by atoms with Crippen molar-refractivity contribution >= 4 is 22.5 Å². The van der Waals surface area contributed by atoms with Crippen LogP contribution in [0.5, 0.6) is 0 Å². The summed E-state index contributed by atoms with van der Waals surface area (Å²) >= 11 is 0. The van der Waals surface area contributed by atoms with Crippen LogP contribution in [0.1, 0.15) is 34.5 Å². The van der Waals surface area contributed by atoms with E-state index in [2.05, 4.69) is 67.8 Å². The van der Waals surface area contributed by atoms with Crippen molar-refractivity contribution in [3.05, 3.63) is 90.7 Å². The van der Waals surface area contributed by atoms with Gasteiger partial charge in [-0.2, -0.15) is 5.10 Å². The minimum Gasteiger partial charge on any atom is -0.349 e. The SMILES string of the molecule is C=CC(=C)c1n[nH]c(-c2nc3ccccc3[nH]2)c1C(=O)NC1CCN(Cc2ccccc2)CC1. The number of allylic oxidation sites excluding steroid dienone is 2. The molecule has 2 aromatic heterocycles. The molecule has 0 radical (unpaired) electrons. The molecule has 3 heterocycles. The Labute approximate surface area is 198 Å². The van der Waals surface area contributed by atoms with Gasteiger partial charge in [0, 0.05) is 25.7 Å². The fourth-order valence-electron chi connectivity index (χ4n) is 4.47. The molecule has 1 saturated heterocycles. The Kier molecular flexibility index (Phi) is 6.10. The standard InChI is InChI=1S/C27H28N6O/c1-3-18(2)24-23(25(32-31-24)26-29-21-11-7-8-12-22(21)30-26)27(34)28-20-13-15-33(16-14-20)17-19-9-5-4-6-10-19/h3-12,20H,1-2,13-17H2,(H,28,34)(H,29,30)(H,31,32). The van der Waals surface area contributed by atoms with Crippen molar-refractivity contribution in [2.24, 2.45) is 0 Å². The molecule has 172 valence electrons. The highest BCUT2D eigenvalue weighted by Gasteiger charge is 2.27. The number of carbonyl (C=O) groups is 1. The van der Waals surface area contributed by atoms with Crippen molar-refractivity contribution in [2.75, 3.05) is 13.1 Å². The van der Waals surface area contributed by atoms with Crippen molar-refractivity contribution in [1.29, 1.82) is 0 Å². The number of rotatable bonds is 7. The predicted octanol–water partition coefficient (Wildman–Crippen LogP) is 4.55. The van der Waals surface area contributed by atoms with Crippen LogP contribution in [0.15, 0.2) is 73.8 Å². The third kappa shape index (κ3) is 4.43. The second kappa shape index (κ2) is 9.49. The van der Waals surface area contributed by atoms with E-state index in [9.17, 15) is 4.79 Å². The number of fused-ring (bicyclic) bond motifs is 1. The van der Waals surface area contributed by atoms with Crippen LogP contribution < -0.4 is 5.32 Å². The van der Waals surface area contributed by atoms with Crippen LogP contribution in [0.3, 0.4) is 0 Å². The van der Waals surface area contributed by atoms with Crippen LogP contribution in [0.2, 0.25) is 0 Å². The summed E-state index contributed by atoms with van der Waals surface area (Å²) in [6.45, 7) is 10.6. The molecule has 3 N–H and O–H groups in total. The highest BCUT2D eigenvalue weighted by atomic mass is 16.1. The van der Waals surface area contributed by atoms with Gasteiger partial charge in [-0.1, -0.05) is 61.7 Å². The first kappa shape index (κ1) is 21.9. The van der Waals surface area contributed by atoms with Crippen molar-refractivity contribution in [2.45, 2.75) is 25.4 Å². The molecule has 5 rings (SSSR count). The Morgan fingerprint density at radius 2 is 1.85 bits per heavy atom. The van der Waals surface area contributed by atoms with E-state index >= 15 is 0 Å². The number of aromatic amines is 2. The van der Waals surface area contributed by atoms with Gasteiger partial charge < -0.3 is 10.3 Å². The van der Waals surface area contributed by atoms with E-state index in [1.54, 1.807) is 6.08 Å². The Hall–Kier alpha value is -3.97. The molecular formula is C27H28N6O. The lowest BCUT2D eigenvalue weighted by Crippen LogP contribution is -2.44. The average Bonchev–Trinajstić information content (AvgIpc) is 3.50. The highest BCUT2D eigenvalue weighted by Crippen LogP contribution is 2.28. The number of amides is 1. The minimum absolute atomic E-state index is 0.0998. The van der Waals surface area contributed by atoms with Gasteiger partial charge in [0.2, 0.25) is 0 Å². The van der Waals surface area contributed by atoms with Gasteiger partial charge >= 0.3 is 0 Å². The van der Waals surface area contributed by atoms with Crippen LogP contribution in [0, 0.1) is 0 Å². The van der Waals surface area contributed by atoms with Gasteiger partial charge in [-0.05, 0) is 36.1 Å². The lowest BCUT2D eigenvalue weighted by molar-refractivity contribution is 0.0909. The number of likely N-dealkylation sites (tertiary alicyclic amines) is 1. The zero-order valence-electron chi connectivity index (χ0n) is 19.1. The third-order valence-electron chi connectivity index (χ3n) is 6.34. The number of nitrogens with one attached hydrogen (secondary N) is 3. The smallest absolute Gasteiger partial charge is 0.256 e. The van der Waals surface area contributed by atoms with Gasteiger partial charge in [-0.15, -0.1) is 0 Å². The summed E-state index contributed by atoms with van der Waals surface area (Å²) in [6, 6.07) is 18.3. The third-order valence-corrected chi connectivity index (χ3v) is 6.34. The maximum Gasteiger partial charge on any atom is 0.256 e. The Balaban J connectivity index is 1.33. The largest absolute Gasteiger partial charge is 0.349 e. The monoisotopic (exact) mass is 452 g/mol. The quantitative estimate of drug-likeness (QED) is 0.359. The molecule has 0 saturated carbocycles. The lowest BCUT2D eigenvalue weighted by atomic mass is 10.0. The number of para-hydroxylation sites is 2. The molecular weight excluding hydrogens is 424 g/mol. The number of piperidine rings is 1. The van der Waals surface area contributed by atoms with Crippen molar-refractivity contribution in [3.63, 3.8) is 0 Å². The summed E-state index contributed by atoms with van der Waals surface area (Å²) in [5.74, 6) is 0.392.